The second kappa shape index (κ2) is 3.53. The van der Waals surface area contributed by atoms with Crippen molar-refractivity contribution in [3.05, 3.63) is 11.6 Å². The third-order valence-corrected chi connectivity index (χ3v) is 1.98. The fourth-order valence-corrected chi connectivity index (χ4v) is 1.15. The van der Waals surface area contributed by atoms with Crippen LogP contribution in [-0.2, 0) is 4.79 Å². The normalized spacial score (nSPS) is 20.6. The van der Waals surface area contributed by atoms with Gasteiger partial charge >= 0.3 is 5.97 Å². The van der Waals surface area contributed by atoms with Crippen LogP contribution in [0.25, 0.3) is 0 Å². The molecule has 0 aliphatic carbocycles. The lowest BCUT2D eigenvalue weighted by Crippen LogP contribution is -2.27. The average molecular weight is 155 g/mol. The van der Waals surface area contributed by atoms with Crippen molar-refractivity contribution in [3.63, 3.8) is 0 Å². The molecule has 0 aromatic heterocycles. The highest BCUT2D eigenvalue weighted by atomic mass is 16.4. The summed E-state index contributed by atoms with van der Waals surface area (Å²) in [5.41, 5.74) is 1.00. The molecule has 0 bridgehead atoms. The van der Waals surface area contributed by atoms with Gasteiger partial charge in [0.05, 0.1) is 5.92 Å². The minimum Gasteiger partial charge on any atom is -0.481 e. The van der Waals surface area contributed by atoms with E-state index in [1.807, 2.05) is 6.08 Å². The second-order valence-corrected chi connectivity index (χ2v) is 2.80. The van der Waals surface area contributed by atoms with Crippen molar-refractivity contribution in [3.8, 4) is 0 Å². The van der Waals surface area contributed by atoms with Crippen LogP contribution in [0, 0.1) is 5.92 Å². The minimum atomic E-state index is -0.736. The van der Waals surface area contributed by atoms with E-state index < -0.39 is 5.97 Å². The Hall–Kier alpha value is -0.830. The van der Waals surface area contributed by atoms with Gasteiger partial charge in [-0.05, 0) is 25.5 Å². The molecule has 0 amide bonds. The first-order valence-corrected chi connectivity index (χ1v) is 3.84. The van der Waals surface area contributed by atoms with Crippen molar-refractivity contribution in [2.45, 2.75) is 13.3 Å². The molecule has 0 saturated carbocycles. The van der Waals surface area contributed by atoms with Gasteiger partial charge < -0.3 is 10.4 Å². The Morgan fingerprint density at radius 1 is 1.82 bits per heavy atom. The SMILES string of the molecule is CC(C(=O)O)C1=CCCNC1. The van der Waals surface area contributed by atoms with E-state index >= 15 is 0 Å². The van der Waals surface area contributed by atoms with Crippen molar-refractivity contribution in [2.75, 3.05) is 13.1 Å². The Labute approximate surface area is 66.1 Å². The molecule has 0 spiro atoms. The van der Waals surface area contributed by atoms with Crippen molar-refractivity contribution < 1.29 is 9.90 Å². The van der Waals surface area contributed by atoms with E-state index in [9.17, 15) is 4.79 Å². The number of hydrogen-bond acceptors (Lipinski definition) is 2. The highest BCUT2D eigenvalue weighted by Gasteiger charge is 2.17. The molecule has 0 aromatic rings. The van der Waals surface area contributed by atoms with E-state index in [4.69, 9.17) is 5.11 Å². The van der Waals surface area contributed by atoms with E-state index in [0.717, 1.165) is 25.1 Å². The minimum absolute atomic E-state index is 0.331. The largest absolute Gasteiger partial charge is 0.481 e. The summed E-state index contributed by atoms with van der Waals surface area (Å²) in [4.78, 5) is 10.5. The first-order valence-electron chi connectivity index (χ1n) is 3.84. The fraction of sp³-hybridized carbons (Fsp3) is 0.625. The van der Waals surface area contributed by atoms with Gasteiger partial charge in [-0.3, -0.25) is 4.79 Å². The zero-order chi connectivity index (χ0) is 8.27. The number of hydrogen-bond donors (Lipinski definition) is 2. The molecule has 0 saturated heterocycles. The topological polar surface area (TPSA) is 49.3 Å². The summed E-state index contributed by atoms with van der Waals surface area (Å²) in [6, 6.07) is 0. The van der Waals surface area contributed by atoms with Gasteiger partial charge in [0.1, 0.15) is 0 Å². The quantitative estimate of drug-likeness (QED) is 0.575. The van der Waals surface area contributed by atoms with Gasteiger partial charge in [0.15, 0.2) is 0 Å². The predicted octanol–water partition coefficient (Wildman–Crippen LogP) is 0.627. The van der Waals surface area contributed by atoms with Gasteiger partial charge in [0.2, 0.25) is 0 Å². The van der Waals surface area contributed by atoms with Crippen LogP contribution in [0.5, 0.6) is 0 Å². The summed E-state index contributed by atoms with van der Waals surface area (Å²) in [6.07, 6.45) is 2.97. The van der Waals surface area contributed by atoms with E-state index in [1.54, 1.807) is 6.92 Å². The Balaban J connectivity index is 2.58. The van der Waals surface area contributed by atoms with E-state index in [1.165, 1.54) is 0 Å². The maximum absolute atomic E-state index is 10.5. The molecule has 2 N–H and O–H groups in total. The smallest absolute Gasteiger partial charge is 0.310 e. The van der Waals surface area contributed by atoms with Crippen LogP contribution in [0.15, 0.2) is 11.6 Å². The van der Waals surface area contributed by atoms with Crippen molar-refractivity contribution in [2.24, 2.45) is 5.92 Å². The summed E-state index contributed by atoms with van der Waals surface area (Å²) in [5.74, 6) is -1.07. The molecule has 1 aliphatic rings. The number of rotatable bonds is 2. The summed E-state index contributed by atoms with van der Waals surface area (Å²) in [5, 5.41) is 11.8. The fourth-order valence-electron chi connectivity index (χ4n) is 1.15. The van der Waals surface area contributed by atoms with Crippen LogP contribution in [0.1, 0.15) is 13.3 Å². The Morgan fingerprint density at radius 3 is 3.00 bits per heavy atom. The van der Waals surface area contributed by atoms with Crippen LogP contribution in [-0.4, -0.2) is 24.2 Å². The van der Waals surface area contributed by atoms with Crippen LogP contribution < -0.4 is 5.32 Å². The molecular formula is C8H13NO2. The molecule has 11 heavy (non-hydrogen) atoms. The molecule has 3 heteroatoms. The average Bonchev–Trinajstić information content (AvgIpc) is 2.05. The van der Waals surface area contributed by atoms with Crippen LogP contribution in [0.4, 0.5) is 0 Å². The third-order valence-electron chi connectivity index (χ3n) is 1.98. The number of carboxylic acids is 1. The van der Waals surface area contributed by atoms with Crippen LogP contribution in [0.2, 0.25) is 0 Å². The zero-order valence-corrected chi connectivity index (χ0v) is 6.63. The molecule has 62 valence electrons. The molecule has 0 aromatic carbocycles. The predicted molar refractivity (Wildman–Crippen MR) is 42.4 cm³/mol. The molecule has 0 fully saturated rings. The van der Waals surface area contributed by atoms with Gasteiger partial charge in [0.25, 0.3) is 0 Å². The lowest BCUT2D eigenvalue weighted by Gasteiger charge is -2.16. The van der Waals surface area contributed by atoms with Gasteiger partial charge in [-0.2, -0.15) is 0 Å². The Morgan fingerprint density at radius 2 is 2.55 bits per heavy atom. The van der Waals surface area contributed by atoms with Gasteiger partial charge in [-0.15, -0.1) is 0 Å². The first kappa shape index (κ1) is 8.27. The van der Waals surface area contributed by atoms with Crippen LogP contribution >= 0.6 is 0 Å². The van der Waals surface area contributed by atoms with Crippen molar-refractivity contribution >= 4 is 5.97 Å². The number of carbonyl (C=O) groups is 1. The standard InChI is InChI=1S/C8H13NO2/c1-6(8(10)11)7-3-2-4-9-5-7/h3,6,9H,2,4-5H2,1H3,(H,10,11). The maximum Gasteiger partial charge on any atom is 0.310 e. The molecule has 1 atom stereocenters. The lowest BCUT2D eigenvalue weighted by molar-refractivity contribution is -0.139. The molecule has 1 unspecified atom stereocenters. The number of carboxylic acid groups (broad SMARTS) is 1. The molecule has 1 aliphatic heterocycles. The molecule has 0 radical (unpaired) electrons. The summed E-state index contributed by atoms with van der Waals surface area (Å²) < 4.78 is 0. The third kappa shape index (κ3) is 2.05. The van der Waals surface area contributed by atoms with Crippen molar-refractivity contribution in [1.82, 2.24) is 5.32 Å². The van der Waals surface area contributed by atoms with Crippen molar-refractivity contribution in [1.29, 1.82) is 0 Å². The summed E-state index contributed by atoms with van der Waals surface area (Å²) in [7, 11) is 0. The summed E-state index contributed by atoms with van der Waals surface area (Å²) in [6.45, 7) is 3.42. The first-order chi connectivity index (χ1) is 5.22. The molecule has 1 rings (SSSR count). The van der Waals surface area contributed by atoms with Gasteiger partial charge in [-0.1, -0.05) is 6.08 Å². The highest BCUT2D eigenvalue weighted by Crippen LogP contribution is 2.12. The molecule has 1 heterocycles. The monoisotopic (exact) mass is 155 g/mol. The number of aliphatic carboxylic acids is 1. The highest BCUT2D eigenvalue weighted by molar-refractivity contribution is 5.73. The van der Waals surface area contributed by atoms with E-state index in [-0.39, 0.29) is 5.92 Å². The summed E-state index contributed by atoms with van der Waals surface area (Å²) >= 11 is 0. The Kier molecular flexibility index (Phi) is 2.65. The van der Waals surface area contributed by atoms with E-state index in [2.05, 4.69) is 5.32 Å². The zero-order valence-electron chi connectivity index (χ0n) is 6.63. The second-order valence-electron chi connectivity index (χ2n) is 2.80. The molecular weight excluding hydrogens is 142 g/mol. The van der Waals surface area contributed by atoms with Gasteiger partial charge in [-0.25, -0.2) is 0 Å². The van der Waals surface area contributed by atoms with E-state index in [0.29, 0.717) is 0 Å². The maximum atomic E-state index is 10.5. The molecule has 3 nitrogen and oxygen atoms in total. The van der Waals surface area contributed by atoms with Gasteiger partial charge in [0, 0.05) is 6.54 Å². The van der Waals surface area contributed by atoms with Crippen LogP contribution in [0.3, 0.4) is 0 Å². The lowest BCUT2D eigenvalue weighted by atomic mass is 9.98. The Bertz CT molecular complexity index is 187. The number of nitrogens with one attached hydrogen (secondary N) is 1.